The maximum absolute atomic E-state index is 12.1. The molecule has 0 saturated carbocycles. The van der Waals surface area contributed by atoms with Crippen LogP contribution in [0, 0.1) is 0 Å². The van der Waals surface area contributed by atoms with Crippen molar-refractivity contribution in [2.24, 2.45) is 0 Å². The summed E-state index contributed by atoms with van der Waals surface area (Å²) in [5, 5.41) is 8.83. The Hall–Kier alpha value is -3.08. The molecule has 2 heterocycles. The zero-order valence-electron chi connectivity index (χ0n) is 13.0. The van der Waals surface area contributed by atoms with Gasteiger partial charge >= 0.3 is 0 Å². The maximum atomic E-state index is 12.1. The predicted molar refractivity (Wildman–Crippen MR) is 90.6 cm³/mol. The third kappa shape index (κ3) is 2.88. The van der Waals surface area contributed by atoms with Crippen molar-refractivity contribution < 1.29 is 13.7 Å². The summed E-state index contributed by atoms with van der Waals surface area (Å²) in [5.41, 5.74) is 2.22. The molecule has 0 aliphatic rings. The van der Waals surface area contributed by atoms with E-state index in [-0.39, 0.29) is 12.3 Å². The van der Waals surface area contributed by atoms with E-state index in [2.05, 4.69) is 10.5 Å². The van der Waals surface area contributed by atoms with Crippen molar-refractivity contribution in [3.8, 4) is 0 Å². The first-order valence-corrected chi connectivity index (χ1v) is 7.87. The third-order valence-electron chi connectivity index (χ3n) is 3.95. The van der Waals surface area contributed by atoms with Gasteiger partial charge in [-0.3, -0.25) is 4.79 Å². The lowest BCUT2D eigenvalue weighted by Crippen LogP contribution is -2.27. The second kappa shape index (κ2) is 6.20. The third-order valence-corrected chi connectivity index (χ3v) is 3.95. The number of furan rings is 1. The van der Waals surface area contributed by atoms with Crippen molar-refractivity contribution >= 4 is 27.8 Å². The van der Waals surface area contributed by atoms with Crippen LogP contribution in [0.4, 0.5) is 0 Å². The molecular weight excluding hydrogens is 304 g/mol. The maximum Gasteiger partial charge on any atom is 0.226 e. The Kier molecular flexibility index (Phi) is 3.75. The first-order chi connectivity index (χ1) is 11.8. The molecular formula is C19H16N2O3. The fraction of sp³-hybridized carbons (Fsp3) is 0.158. The molecule has 2 aromatic carbocycles. The number of benzene rings is 2. The van der Waals surface area contributed by atoms with E-state index >= 15 is 0 Å². The molecule has 5 nitrogen and oxygen atoms in total. The molecule has 1 amide bonds. The number of carbonyl (C=O) groups is 1. The molecule has 4 rings (SSSR count). The van der Waals surface area contributed by atoms with Crippen molar-refractivity contribution in [1.29, 1.82) is 0 Å². The minimum Gasteiger partial charge on any atom is -0.461 e. The summed E-state index contributed by atoms with van der Waals surface area (Å²) < 4.78 is 10.9. The van der Waals surface area contributed by atoms with Crippen molar-refractivity contribution in [1.82, 2.24) is 10.5 Å². The molecule has 0 spiro atoms. The molecule has 0 unspecified atom stereocenters. The SMILES string of the molecule is O=C(Cc1noc2ccccc12)NCCc1cc2ccccc2o1. The summed E-state index contributed by atoms with van der Waals surface area (Å²) in [6.45, 7) is 0.522. The van der Waals surface area contributed by atoms with Gasteiger partial charge in [-0.2, -0.15) is 0 Å². The van der Waals surface area contributed by atoms with Crippen LogP contribution < -0.4 is 5.32 Å². The molecule has 24 heavy (non-hydrogen) atoms. The van der Waals surface area contributed by atoms with Crippen molar-refractivity contribution in [2.45, 2.75) is 12.8 Å². The van der Waals surface area contributed by atoms with Gasteiger partial charge in [0.15, 0.2) is 5.58 Å². The quantitative estimate of drug-likeness (QED) is 0.611. The minimum atomic E-state index is -0.0786. The zero-order chi connectivity index (χ0) is 16.4. The molecule has 4 aromatic rings. The van der Waals surface area contributed by atoms with Gasteiger partial charge in [-0.05, 0) is 24.3 Å². The number of amides is 1. The van der Waals surface area contributed by atoms with E-state index < -0.39 is 0 Å². The summed E-state index contributed by atoms with van der Waals surface area (Å²) in [7, 11) is 0. The van der Waals surface area contributed by atoms with Gasteiger partial charge in [0.25, 0.3) is 0 Å². The molecule has 0 atom stereocenters. The predicted octanol–water partition coefficient (Wildman–Crippen LogP) is 3.48. The van der Waals surface area contributed by atoms with Gasteiger partial charge in [0.1, 0.15) is 17.0 Å². The summed E-state index contributed by atoms with van der Waals surface area (Å²) in [6.07, 6.45) is 0.858. The molecule has 0 aliphatic heterocycles. The van der Waals surface area contributed by atoms with E-state index in [4.69, 9.17) is 8.94 Å². The van der Waals surface area contributed by atoms with Gasteiger partial charge in [-0.15, -0.1) is 0 Å². The average Bonchev–Trinajstić information content (AvgIpc) is 3.19. The first kappa shape index (κ1) is 14.5. The van der Waals surface area contributed by atoms with Crippen LogP contribution in [0.2, 0.25) is 0 Å². The van der Waals surface area contributed by atoms with Gasteiger partial charge in [0.2, 0.25) is 5.91 Å². The Labute approximate surface area is 138 Å². The Bertz CT molecular complexity index is 967. The number of rotatable bonds is 5. The molecule has 5 heteroatoms. The fourth-order valence-corrected chi connectivity index (χ4v) is 2.77. The molecule has 1 N–H and O–H groups in total. The molecule has 0 bridgehead atoms. The van der Waals surface area contributed by atoms with Gasteiger partial charge in [-0.1, -0.05) is 35.5 Å². The lowest BCUT2D eigenvalue weighted by atomic mass is 10.1. The summed E-state index contributed by atoms with van der Waals surface area (Å²) in [4.78, 5) is 12.1. The van der Waals surface area contributed by atoms with E-state index in [0.717, 1.165) is 22.1 Å². The second-order valence-corrected chi connectivity index (χ2v) is 5.65. The molecule has 0 aliphatic carbocycles. The number of hydrogen-bond acceptors (Lipinski definition) is 4. The highest BCUT2D eigenvalue weighted by atomic mass is 16.5. The number of nitrogens with one attached hydrogen (secondary N) is 1. The van der Waals surface area contributed by atoms with E-state index in [0.29, 0.717) is 24.2 Å². The topological polar surface area (TPSA) is 68.3 Å². The number of hydrogen-bond donors (Lipinski definition) is 1. The van der Waals surface area contributed by atoms with Crippen LogP contribution in [0.3, 0.4) is 0 Å². The van der Waals surface area contributed by atoms with Crippen LogP contribution in [0.5, 0.6) is 0 Å². The van der Waals surface area contributed by atoms with E-state index in [1.54, 1.807) is 0 Å². The van der Waals surface area contributed by atoms with E-state index in [9.17, 15) is 4.79 Å². The highest BCUT2D eigenvalue weighted by molar-refractivity contribution is 5.86. The summed E-state index contributed by atoms with van der Waals surface area (Å²) >= 11 is 0. The minimum absolute atomic E-state index is 0.0786. The molecule has 120 valence electrons. The lowest BCUT2D eigenvalue weighted by Gasteiger charge is -2.02. The fourth-order valence-electron chi connectivity index (χ4n) is 2.77. The van der Waals surface area contributed by atoms with Crippen LogP contribution >= 0.6 is 0 Å². The second-order valence-electron chi connectivity index (χ2n) is 5.65. The standard InChI is InChI=1S/C19H16N2O3/c22-19(12-16-15-6-2-4-8-18(15)24-21-16)20-10-9-14-11-13-5-1-3-7-17(13)23-14/h1-8,11H,9-10,12H2,(H,20,22). The monoisotopic (exact) mass is 320 g/mol. The van der Waals surface area contributed by atoms with Crippen molar-refractivity contribution in [2.75, 3.05) is 6.54 Å². The Morgan fingerprint density at radius 2 is 1.83 bits per heavy atom. The Balaban J connectivity index is 1.35. The van der Waals surface area contributed by atoms with Crippen molar-refractivity contribution in [3.63, 3.8) is 0 Å². The lowest BCUT2D eigenvalue weighted by molar-refractivity contribution is -0.120. The van der Waals surface area contributed by atoms with Gasteiger partial charge in [0, 0.05) is 23.7 Å². The molecule has 2 aromatic heterocycles. The largest absolute Gasteiger partial charge is 0.461 e. The van der Waals surface area contributed by atoms with Crippen LogP contribution in [-0.4, -0.2) is 17.6 Å². The molecule has 0 fully saturated rings. The highest BCUT2D eigenvalue weighted by Gasteiger charge is 2.12. The van der Waals surface area contributed by atoms with Crippen LogP contribution in [-0.2, 0) is 17.6 Å². The van der Waals surface area contributed by atoms with Crippen LogP contribution in [0.15, 0.2) is 63.5 Å². The summed E-state index contributed by atoms with van der Waals surface area (Å²) in [6, 6.07) is 17.4. The summed E-state index contributed by atoms with van der Waals surface area (Å²) in [5.74, 6) is 0.786. The number of carbonyl (C=O) groups excluding carboxylic acids is 1. The first-order valence-electron chi connectivity index (χ1n) is 7.87. The molecule has 0 radical (unpaired) electrons. The zero-order valence-corrected chi connectivity index (χ0v) is 13.0. The normalized spacial score (nSPS) is 11.2. The van der Waals surface area contributed by atoms with Crippen LogP contribution in [0.1, 0.15) is 11.5 Å². The molecule has 0 saturated heterocycles. The Morgan fingerprint density at radius 1 is 1.04 bits per heavy atom. The number of fused-ring (bicyclic) bond motifs is 2. The smallest absolute Gasteiger partial charge is 0.226 e. The van der Waals surface area contributed by atoms with Gasteiger partial charge < -0.3 is 14.3 Å². The number of nitrogens with zero attached hydrogens (tertiary/aromatic N) is 1. The van der Waals surface area contributed by atoms with Crippen molar-refractivity contribution in [3.05, 3.63) is 66.1 Å². The van der Waals surface area contributed by atoms with E-state index in [1.807, 2.05) is 54.6 Å². The average molecular weight is 320 g/mol. The van der Waals surface area contributed by atoms with Crippen LogP contribution in [0.25, 0.3) is 21.9 Å². The van der Waals surface area contributed by atoms with E-state index in [1.165, 1.54) is 0 Å². The number of aromatic nitrogens is 1. The highest BCUT2D eigenvalue weighted by Crippen LogP contribution is 2.19. The number of para-hydroxylation sites is 2. The Morgan fingerprint density at radius 3 is 2.71 bits per heavy atom. The van der Waals surface area contributed by atoms with Gasteiger partial charge in [-0.25, -0.2) is 0 Å². The van der Waals surface area contributed by atoms with Gasteiger partial charge in [0.05, 0.1) is 6.42 Å².